The Morgan fingerprint density at radius 2 is 2.10 bits per heavy atom. The van der Waals surface area contributed by atoms with E-state index in [1.165, 1.54) is 25.0 Å². The van der Waals surface area contributed by atoms with Crippen LogP contribution in [0.4, 0.5) is 0 Å². The van der Waals surface area contributed by atoms with Gasteiger partial charge in [-0.15, -0.1) is 24.0 Å². The normalized spacial score (nSPS) is 17.4. The van der Waals surface area contributed by atoms with E-state index in [4.69, 9.17) is 4.74 Å². The maximum absolute atomic E-state index is 5.13. The van der Waals surface area contributed by atoms with E-state index in [1.807, 2.05) is 18.8 Å². The highest BCUT2D eigenvalue weighted by Gasteiger charge is 2.19. The Labute approximate surface area is 151 Å². The van der Waals surface area contributed by atoms with Crippen LogP contribution in [0.3, 0.4) is 0 Å². The number of piperidine rings is 1. The molecule has 0 amide bonds. The number of nitrogens with zero attached hydrogens (tertiary/aromatic N) is 2. The van der Waals surface area contributed by atoms with Crippen LogP contribution in [0.1, 0.15) is 19.3 Å². The molecule has 0 aliphatic carbocycles. The van der Waals surface area contributed by atoms with Crippen molar-refractivity contribution in [2.75, 3.05) is 59.0 Å². The summed E-state index contributed by atoms with van der Waals surface area (Å²) < 4.78 is 5.13. The van der Waals surface area contributed by atoms with Gasteiger partial charge in [-0.05, 0) is 31.3 Å². The van der Waals surface area contributed by atoms with Crippen LogP contribution in [0.15, 0.2) is 4.99 Å². The molecule has 2 N–H and O–H groups in total. The van der Waals surface area contributed by atoms with Gasteiger partial charge in [-0.2, -0.15) is 11.8 Å². The summed E-state index contributed by atoms with van der Waals surface area (Å²) in [7, 11) is 3.61. The molecule has 1 aliphatic heterocycles. The Balaban J connectivity index is 0.00000400. The van der Waals surface area contributed by atoms with Gasteiger partial charge >= 0.3 is 0 Å². The highest BCUT2D eigenvalue weighted by atomic mass is 127. The largest absolute Gasteiger partial charge is 0.383 e. The lowest BCUT2D eigenvalue weighted by Crippen LogP contribution is -2.49. The predicted molar refractivity (Wildman–Crippen MR) is 104 cm³/mol. The Hall–Kier alpha value is 0.270. The summed E-state index contributed by atoms with van der Waals surface area (Å²) in [5.41, 5.74) is 0. The molecule has 5 nitrogen and oxygen atoms in total. The van der Waals surface area contributed by atoms with Crippen LogP contribution in [0, 0.1) is 0 Å². The highest BCUT2D eigenvalue weighted by Crippen LogP contribution is 2.09. The standard InChI is InChI=1S/C14H30N4OS.HI/c1-15-14(16-7-4-12-20-3)17-13-5-8-18(9-6-13)10-11-19-2;/h13H,4-12H2,1-3H3,(H2,15,16,17);1H. The van der Waals surface area contributed by atoms with E-state index >= 15 is 0 Å². The summed E-state index contributed by atoms with van der Waals surface area (Å²) >= 11 is 1.89. The number of hydrogen-bond acceptors (Lipinski definition) is 4. The highest BCUT2D eigenvalue weighted by molar-refractivity contribution is 14.0. The summed E-state index contributed by atoms with van der Waals surface area (Å²) in [5, 5.41) is 6.92. The van der Waals surface area contributed by atoms with Crippen molar-refractivity contribution < 1.29 is 4.74 Å². The molecule has 0 aromatic carbocycles. The van der Waals surface area contributed by atoms with Crippen LogP contribution < -0.4 is 10.6 Å². The number of ether oxygens (including phenoxy) is 1. The molecule has 1 saturated heterocycles. The van der Waals surface area contributed by atoms with Crippen LogP contribution >= 0.6 is 35.7 Å². The molecule has 1 heterocycles. The van der Waals surface area contributed by atoms with E-state index in [-0.39, 0.29) is 24.0 Å². The number of thioether (sulfide) groups is 1. The number of hydrogen-bond donors (Lipinski definition) is 2. The van der Waals surface area contributed by atoms with E-state index in [2.05, 4.69) is 26.8 Å². The van der Waals surface area contributed by atoms with Crippen molar-refractivity contribution in [1.82, 2.24) is 15.5 Å². The zero-order chi connectivity index (χ0) is 14.6. The molecule has 21 heavy (non-hydrogen) atoms. The minimum Gasteiger partial charge on any atom is -0.383 e. The first-order chi connectivity index (χ1) is 9.80. The number of aliphatic imine (C=N–C) groups is 1. The van der Waals surface area contributed by atoms with E-state index in [0.29, 0.717) is 6.04 Å². The molecule has 0 unspecified atom stereocenters. The average molecular weight is 430 g/mol. The van der Waals surface area contributed by atoms with E-state index in [1.54, 1.807) is 7.11 Å². The number of likely N-dealkylation sites (tertiary alicyclic amines) is 1. The van der Waals surface area contributed by atoms with Gasteiger partial charge in [-0.25, -0.2) is 0 Å². The third-order valence-corrected chi connectivity index (χ3v) is 4.28. The van der Waals surface area contributed by atoms with Crippen molar-refractivity contribution in [3.05, 3.63) is 0 Å². The van der Waals surface area contributed by atoms with Crippen LogP contribution in [-0.4, -0.2) is 75.9 Å². The van der Waals surface area contributed by atoms with E-state index in [9.17, 15) is 0 Å². The second-order valence-corrected chi connectivity index (χ2v) is 6.08. The zero-order valence-electron chi connectivity index (χ0n) is 13.6. The first-order valence-corrected chi connectivity index (χ1v) is 8.87. The molecule has 1 fully saturated rings. The Morgan fingerprint density at radius 1 is 1.38 bits per heavy atom. The van der Waals surface area contributed by atoms with Gasteiger partial charge in [0.15, 0.2) is 5.96 Å². The maximum atomic E-state index is 5.13. The van der Waals surface area contributed by atoms with Crippen LogP contribution in [0.25, 0.3) is 0 Å². The Morgan fingerprint density at radius 3 is 2.67 bits per heavy atom. The van der Waals surface area contributed by atoms with Gasteiger partial charge in [0.05, 0.1) is 6.61 Å². The average Bonchev–Trinajstić information content (AvgIpc) is 2.49. The summed E-state index contributed by atoms with van der Waals surface area (Å²) in [6.07, 6.45) is 5.67. The maximum Gasteiger partial charge on any atom is 0.191 e. The molecule has 0 saturated carbocycles. The molecular weight excluding hydrogens is 399 g/mol. The summed E-state index contributed by atoms with van der Waals surface area (Å²) in [6.45, 7) is 5.16. The fourth-order valence-electron chi connectivity index (χ4n) is 2.33. The Kier molecular flexibility index (Phi) is 14.1. The van der Waals surface area contributed by atoms with Crippen molar-refractivity contribution >= 4 is 41.7 Å². The van der Waals surface area contributed by atoms with Gasteiger partial charge in [0.25, 0.3) is 0 Å². The number of guanidine groups is 1. The monoisotopic (exact) mass is 430 g/mol. The Bertz CT molecular complexity index is 274. The van der Waals surface area contributed by atoms with E-state index < -0.39 is 0 Å². The van der Waals surface area contributed by atoms with E-state index in [0.717, 1.165) is 38.7 Å². The molecule has 0 aromatic heterocycles. The summed E-state index contributed by atoms with van der Waals surface area (Å²) in [6, 6.07) is 0.542. The molecule has 0 aromatic rings. The fraction of sp³-hybridized carbons (Fsp3) is 0.929. The second-order valence-electron chi connectivity index (χ2n) is 5.10. The SMILES string of the molecule is CN=C(NCCCSC)NC1CCN(CCOC)CC1.I. The molecule has 0 atom stereocenters. The van der Waals surface area contributed by atoms with Gasteiger partial charge in [0.2, 0.25) is 0 Å². The van der Waals surface area contributed by atoms with Crippen molar-refractivity contribution in [1.29, 1.82) is 0 Å². The van der Waals surface area contributed by atoms with Crippen molar-refractivity contribution in [2.24, 2.45) is 4.99 Å². The third kappa shape index (κ3) is 9.80. The fourth-order valence-corrected chi connectivity index (χ4v) is 2.77. The number of methoxy groups -OCH3 is 1. The lowest BCUT2D eigenvalue weighted by molar-refractivity contribution is 0.128. The van der Waals surface area contributed by atoms with Gasteiger partial charge in [-0.3, -0.25) is 4.99 Å². The zero-order valence-corrected chi connectivity index (χ0v) is 16.7. The number of halogens is 1. The first kappa shape index (κ1) is 21.3. The quantitative estimate of drug-likeness (QED) is 0.265. The molecule has 0 bridgehead atoms. The summed E-state index contributed by atoms with van der Waals surface area (Å²) in [4.78, 5) is 6.77. The molecule has 0 spiro atoms. The third-order valence-electron chi connectivity index (χ3n) is 3.58. The molecular formula is C14H31IN4OS. The smallest absolute Gasteiger partial charge is 0.191 e. The van der Waals surface area contributed by atoms with Gasteiger partial charge in [0.1, 0.15) is 0 Å². The van der Waals surface area contributed by atoms with Crippen molar-refractivity contribution in [3.63, 3.8) is 0 Å². The number of nitrogens with one attached hydrogen (secondary N) is 2. The summed E-state index contributed by atoms with van der Waals surface area (Å²) in [5.74, 6) is 2.14. The van der Waals surface area contributed by atoms with Gasteiger partial charge in [-0.1, -0.05) is 0 Å². The topological polar surface area (TPSA) is 48.9 Å². The van der Waals surface area contributed by atoms with Crippen LogP contribution in [-0.2, 0) is 4.74 Å². The lowest BCUT2D eigenvalue weighted by Gasteiger charge is -2.32. The van der Waals surface area contributed by atoms with Crippen LogP contribution in [0.5, 0.6) is 0 Å². The first-order valence-electron chi connectivity index (χ1n) is 7.47. The van der Waals surface area contributed by atoms with Crippen LogP contribution in [0.2, 0.25) is 0 Å². The molecule has 126 valence electrons. The molecule has 1 aliphatic rings. The number of rotatable bonds is 8. The molecule has 0 radical (unpaired) electrons. The molecule has 1 rings (SSSR count). The molecule has 7 heteroatoms. The minimum absolute atomic E-state index is 0. The minimum atomic E-state index is 0. The lowest BCUT2D eigenvalue weighted by atomic mass is 10.1. The second kappa shape index (κ2) is 13.9. The van der Waals surface area contributed by atoms with Crippen molar-refractivity contribution in [2.45, 2.75) is 25.3 Å². The van der Waals surface area contributed by atoms with Crippen molar-refractivity contribution in [3.8, 4) is 0 Å². The predicted octanol–water partition coefficient (Wildman–Crippen LogP) is 1.63. The van der Waals surface area contributed by atoms with Gasteiger partial charge < -0.3 is 20.3 Å². The van der Waals surface area contributed by atoms with Gasteiger partial charge in [0, 0.05) is 46.4 Å².